The summed E-state index contributed by atoms with van der Waals surface area (Å²) in [7, 11) is 0. The van der Waals surface area contributed by atoms with Gasteiger partial charge in [-0.15, -0.1) is 0 Å². The summed E-state index contributed by atoms with van der Waals surface area (Å²) in [5.74, 6) is -1.14. The van der Waals surface area contributed by atoms with Gasteiger partial charge in [-0.3, -0.25) is 14.4 Å². The summed E-state index contributed by atoms with van der Waals surface area (Å²) in [5, 5.41) is 0. The van der Waals surface area contributed by atoms with Crippen LogP contribution in [0.15, 0.2) is 182 Å². The molecule has 398 valence electrons. The molecule has 6 nitrogen and oxygen atoms in total. The molecule has 0 rings (SSSR count). The predicted octanol–water partition coefficient (Wildman–Crippen LogP) is 18.9. The van der Waals surface area contributed by atoms with Gasteiger partial charge in [0, 0.05) is 12.8 Å². The quantitative estimate of drug-likeness (QED) is 0.0262. The molecule has 0 N–H and O–H groups in total. The Morgan fingerprint density at radius 3 is 0.917 bits per heavy atom. The van der Waals surface area contributed by atoms with Crippen molar-refractivity contribution in [3.8, 4) is 0 Å². The van der Waals surface area contributed by atoms with Crippen LogP contribution in [0, 0.1) is 0 Å². The fourth-order valence-corrected chi connectivity index (χ4v) is 6.60. The van der Waals surface area contributed by atoms with Gasteiger partial charge in [-0.25, -0.2) is 0 Å². The van der Waals surface area contributed by atoms with Crippen LogP contribution in [0.5, 0.6) is 0 Å². The molecule has 6 heteroatoms. The van der Waals surface area contributed by atoms with Crippen molar-refractivity contribution in [3.63, 3.8) is 0 Å². The Labute approximate surface area is 440 Å². The van der Waals surface area contributed by atoms with E-state index in [9.17, 15) is 14.4 Å². The van der Waals surface area contributed by atoms with Crippen molar-refractivity contribution in [2.45, 2.75) is 200 Å². The molecule has 0 aromatic carbocycles. The molecule has 0 saturated heterocycles. The van der Waals surface area contributed by atoms with Crippen LogP contribution in [0.4, 0.5) is 0 Å². The van der Waals surface area contributed by atoms with Gasteiger partial charge in [0.2, 0.25) is 0 Å². The molecular formula is C66H98O6. The minimum Gasteiger partial charge on any atom is -0.462 e. The lowest BCUT2D eigenvalue weighted by molar-refractivity contribution is -0.166. The molecule has 0 saturated carbocycles. The number of carbonyl (C=O) groups excluding carboxylic acids is 3. The van der Waals surface area contributed by atoms with Crippen LogP contribution in [-0.4, -0.2) is 37.2 Å². The molecule has 72 heavy (non-hydrogen) atoms. The lowest BCUT2D eigenvalue weighted by Crippen LogP contribution is -2.30. The van der Waals surface area contributed by atoms with E-state index in [1.165, 1.54) is 19.3 Å². The molecule has 0 heterocycles. The first-order chi connectivity index (χ1) is 35.5. The zero-order valence-electron chi connectivity index (χ0n) is 45.4. The van der Waals surface area contributed by atoms with E-state index < -0.39 is 12.1 Å². The van der Waals surface area contributed by atoms with Crippen molar-refractivity contribution in [1.29, 1.82) is 0 Å². The van der Waals surface area contributed by atoms with E-state index >= 15 is 0 Å². The van der Waals surface area contributed by atoms with Crippen LogP contribution < -0.4 is 0 Å². The summed E-state index contributed by atoms with van der Waals surface area (Å²) in [6, 6.07) is 0. The fourth-order valence-electron chi connectivity index (χ4n) is 6.60. The maximum absolute atomic E-state index is 12.7. The highest BCUT2D eigenvalue weighted by Crippen LogP contribution is 2.10. The Hall–Kier alpha value is -5.49. The molecule has 0 spiro atoms. The van der Waals surface area contributed by atoms with E-state index in [1.807, 2.05) is 6.08 Å². The molecule has 0 fully saturated rings. The number of carbonyl (C=O) groups is 3. The highest BCUT2D eigenvalue weighted by atomic mass is 16.6. The smallest absolute Gasteiger partial charge is 0.310 e. The van der Waals surface area contributed by atoms with E-state index in [0.717, 1.165) is 122 Å². The van der Waals surface area contributed by atoms with Gasteiger partial charge in [-0.05, 0) is 122 Å². The number of hydrogen-bond acceptors (Lipinski definition) is 6. The van der Waals surface area contributed by atoms with Gasteiger partial charge in [-0.2, -0.15) is 0 Å². The van der Waals surface area contributed by atoms with E-state index in [4.69, 9.17) is 14.2 Å². The van der Waals surface area contributed by atoms with E-state index in [1.54, 1.807) is 6.08 Å². The van der Waals surface area contributed by atoms with Crippen LogP contribution in [0.2, 0.25) is 0 Å². The summed E-state index contributed by atoms with van der Waals surface area (Å²) in [4.78, 5) is 37.7. The van der Waals surface area contributed by atoms with Gasteiger partial charge in [0.25, 0.3) is 0 Å². The van der Waals surface area contributed by atoms with Gasteiger partial charge < -0.3 is 14.2 Å². The van der Waals surface area contributed by atoms with Gasteiger partial charge in [0.05, 0.1) is 6.42 Å². The van der Waals surface area contributed by atoms with Crippen LogP contribution in [-0.2, 0) is 28.6 Å². The lowest BCUT2D eigenvalue weighted by Gasteiger charge is -2.18. The molecule has 0 aliphatic heterocycles. The molecular weight excluding hydrogens is 889 g/mol. The molecule has 0 aliphatic carbocycles. The van der Waals surface area contributed by atoms with E-state index in [-0.39, 0.29) is 38.0 Å². The van der Waals surface area contributed by atoms with Crippen LogP contribution in [0.3, 0.4) is 0 Å². The molecule has 0 aromatic rings. The topological polar surface area (TPSA) is 78.9 Å². The zero-order valence-corrected chi connectivity index (χ0v) is 45.4. The number of rotatable bonds is 47. The Morgan fingerprint density at radius 1 is 0.306 bits per heavy atom. The van der Waals surface area contributed by atoms with Crippen LogP contribution in [0.1, 0.15) is 194 Å². The maximum atomic E-state index is 12.7. The second-order valence-corrected chi connectivity index (χ2v) is 17.4. The second kappa shape index (κ2) is 58.1. The SMILES string of the molecule is CC/C=C\C/C=C\C/C=C\C/C=C\C/C=C\C/C=C\C/C=C\C/C=C\C/C=C\C/C=C\CCCCC(=O)OCC(COC(=O)CCCCCCCC)OC(=O)C/C=C\C/C=C\C/C=C\C/C=C\C/C=C\CC. The minimum atomic E-state index is -0.856. The number of allylic oxidation sites excluding steroid dienone is 29. The van der Waals surface area contributed by atoms with Gasteiger partial charge in [-0.1, -0.05) is 235 Å². The second-order valence-electron chi connectivity index (χ2n) is 17.4. The monoisotopic (exact) mass is 987 g/mol. The summed E-state index contributed by atoms with van der Waals surface area (Å²) >= 11 is 0. The lowest BCUT2D eigenvalue weighted by atomic mass is 10.1. The average Bonchev–Trinajstić information content (AvgIpc) is 3.38. The first-order valence-corrected chi connectivity index (χ1v) is 27.8. The van der Waals surface area contributed by atoms with Crippen LogP contribution >= 0.6 is 0 Å². The summed E-state index contributed by atoms with van der Waals surface area (Å²) in [6.45, 7) is 6.18. The largest absolute Gasteiger partial charge is 0.462 e. The fraction of sp³-hybridized carbons (Fsp3) is 0.500. The summed E-state index contributed by atoms with van der Waals surface area (Å²) in [6.07, 6.45) is 88.1. The molecule has 0 aromatic heterocycles. The Morgan fingerprint density at radius 2 is 0.583 bits per heavy atom. The highest BCUT2D eigenvalue weighted by Gasteiger charge is 2.19. The minimum absolute atomic E-state index is 0.0785. The maximum Gasteiger partial charge on any atom is 0.310 e. The van der Waals surface area contributed by atoms with Crippen molar-refractivity contribution >= 4 is 17.9 Å². The summed E-state index contributed by atoms with van der Waals surface area (Å²) in [5.41, 5.74) is 0. The van der Waals surface area contributed by atoms with Gasteiger partial charge >= 0.3 is 17.9 Å². The van der Waals surface area contributed by atoms with Crippen molar-refractivity contribution in [2.24, 2.45) is 0 Å². The molecule has 1 atom stereocenters. The number of hydrogen-bond donors (Lipinski definition) is 0. The Balaban J connectivity index is 4.33. The number of ether oxygens (including phenoxy) is 3. The third-order valence-electron chi connectivity index (χ3n) is 10.7. The van der Waals surface area contributed by atoms with Crippen molar-refractivity contribution in [1.82, 2.24) is 0 Å². The van der Waals surface area contributed by atoms with Crippen molar-refractivity contribution in [2.75, 3.05) is 13.2 Å². The Kier molecular flexibility index (Phi) is 53.7. The highest BCUT2D eigenvalue weighted by molar-refractivity contribution is 5.72. The molecule has 0 bridgehead atoms. The van der Waals surface area contributed by atoms with Crippen LogP contribution in [0.25, 0.3) is 0 Å². The van der Waals surface area contributed by atoms with Gasteiger partial charge in [0.1, 0.15) is 13.2 Å². The van der Waals surface area contributed by atoms with Crippen molar-refractivity contribution < 1.29 is 28.6 Å². The van der Waals surface area contributed by atoms with Gasteiger partial charge in [0.15, 0.2) is 6.10 Å². The zero-order chi connectivity index (χ0) is 52.2. The molecule has 0 amide bonds. The van der Waals surface area contributed by atoms with E-state index in [2.05, 4.69) is 191 Å². The van der Waals surface area contributed by atoms with Crippen molar-refractivity contribution in [3.05, 3.63) is 182 Å². The molecule has 0 radical (unpaired) electrons. The summed E-state index contributed by atoms with van der Waals surface area (Å²) < 4.78 is 16.5. The third-order valence-corrected chi connectivity index (χ3v) is 10.7. The first kappa shape index (κ1) is 66.5. The first-order valence-electron chi connectivity index (χ1n) is 27.8. The van der Waals surface area contributed by atoms with E-state index in [0.29, 0.717) is 19.3 Å². The third kappa shape index (κ3) is 55.4. The molecule has 1 unspecified atom stereocenters. The molecule has 0 aliphatic rings. The standard InChI is InChI=1S/C66H98O6/c1-4-7-10-13-16-18-20-22-24-25-26-27-28-29-30-31-32-33-34-35-36-37-38-39-40-41-43-44-46-48-50-53-56-59-65(68)71-62-63(61-70-64(67)58-55-52-15-12-9-6-3)72-66(69)60-57-54-51-49-47-45-42-23-21-19-17-14-11-8-5-2/h7-8,10-11,16-19,22-24,26-27,29-30,32-33,35-36,38-39,41-43,46-49,54,57,63H,4-6,9,12-15,20-21,25,28,31,34,37,40,44-45,50-53,55-56,58-62H2,1-3H3/b10-7-,11-8-,18-16-,19-17-,24-22-,27-26-,30-29-,33-32-,36-35-,39-38-,42-23-,43-41-,48-46-,49-47-,57-54-. The number of esters is 3. The normalized spacial score (nSPS) is 13.5. The average molecular weight is 988 g/mol. The predicted molar refractivity (Wildman–Crippen MR) is 311 cm³/mol. The Bertz CT molecular complexity index is 1750. The number of unbranched alkanes of at least 4 members (excludes halogenated alkanes) is 7.